The van der Waals surface area contributed by atoms with Crippen molar-refractivity contribution >= 4 is 23.2 Å². The van der Waals surface area contributed by atoms with E-state index in [1.165, 1.54) is 12.1 Å². The van der Waals surface area contributed by atoms with E-state index in [0.29, 0.717) is 19.6 Å². The molecule has 20 heavy (non-hydrogen) atoms. The molecule has 0 aliphatic heterocycles. The second-order valence-electron chi connectivity index (χ2n) is 3.86. The number of carbonyl (C=O) groups is 1. The van der Waals surface area contributed by atoms with Crippen LogP contribution >= 0.6 is 11.6 Å². The maximum absolute atomic E-state index is 11.8. The van der Waals surface area contributed by atoms with Gasteiger partial charge in [-0.15, -0.1) is 0 Å². The molecule has 1 aromatic carbocycles. The molecule has 0 heterocycles. The van der Waals surface area contributed by atoms with Gasteiger partial charge >= 0.3 is 0 Å². The molecule has 0 unspecified atom stereocenters. The molecule has 1 rings (SSSR count). The number of aliphatic hydroxyl groups is 1. The van der Waals surface area contributed by atoms with Crippen LogP contribution in [0.5, 0.6) is 0 Å². The summed E-state index contributed by atoms with van der Waals surface area (Å²) < 4.78 is 5.02. The molecular weight excluding hydrogens is 288 g/mol. The van der Waals surface area contributed by atoms with Crippen molar-refractivity contribution < 1.29 is 19.6 Å². The lowest BCUT2D eigenvalue weighted by molar-refractivity contribution is -0.385. The predicted molar refractivity (Wildman–Crippen MR) is 73.0 cm³/mol. The Labute approximate surface area is 120 Å². The summed E-state index contributed by atoms with van der Waals surface area (Å²) in [4.78, 5) is 22.0. The highest BCUT2D eigenvalue weighted by molar-refractivity contribution is 6.31. The van der Waals surface area contributed by atoms with Gasteiger partial charge in [-0.25, -0.2) is 0 Å². The van der Waals surface area contributed by atoms with Gasteiger partial charge in [-0.2, -0.15) is 0 Å². The van der Waals surface area contributed by atoms with Crippen LogP contribution in [0, 0.1) is 10.1 Å². The lowest BCUT2D eigenvalue weighted by Gasteiger charge is -2.06. The first-order valence-corrected chi connectivity index (χ1v) is 6.34. The van der Waals surface area contributed by atoms with E-state index in [4.69, 9.17) is 21.4 Å². The average molecular weight is 303 g/mol. The van der Waals surface area contributed by atoms with Crippen molar-refractivity contribution in [3.63, 3.8) is 0 Å². The van der Waals surface area contributed by atoms with Gasteiger partial charge in [-0.05, 0) is 18.6 Å². The van der Waals surface area contributed by atoms with Gasteiger partial charge < -0.3 is 15.2 Å². The lowest BCUT2D eigenvalue weighted by Crippen LogP contribution is -2.26. The third-order valence-corrected chi connectivity index (χ3v) is 2.62. The first kappa shape index (κ1) is 16.4. The topological polar surface area (TPSA) is 102 Å². The number of carbonyl (C=O) groups excluding carboxylic acids is 1. The van der Waals surface area contributed by atoms with Crippen LogP contribution in [0.4, 0.5) is 5.69 Å². The molecule has 8 heteroatoms. The molecule has 0 aliphatic carbocycles. The van der Waals surface area contributed by atoms with Gasteiger partial charge in [0, 0.05) is 24.2 Å². The molecule has 0 saturated heterocycles. The van der Waals surface area contributed by atoms with Crippen LogP contribution in [0.25, 0.3) is 0 Å². The van der Waals surface area contributed by atoms with E-state index < -0.39 is 10.8 Å². The Balaban J connectivity index is 2.53. The summed E-state index contributed by atoms with van der Waals surface area (Å²) in [6.45, 7) is 0.910. The highest BCUT2D eigenvalue weighted by Crippen LogP contribution is 2.22. The zero-order valence-electron chi connectivity index (χ0n) is 10.7. The normalized spacial score (nSPS) is 10.3. The molecule has 7 nitrogen and oxygen atoms in total. The van der Waals surface area contributed by atoms with Crippen LogP contribution in [0.3, 0.4) is 0 Å². The molecule has 2 N–H and O–H groups in total. The Kier molecular flexibility index (Phi) is 6.92. The maximum atomic E-state index is 11.8. The fraction of sp³-hybridized carbons (Fsp3) is 0.417. The van der Waals surface area contributed by atoms with Crippen molar-refractivity contribution in [3.8, 4) is 0 Å². The van der Waals surface area contributed by atoms with E-state index >= 15 is 0 Å². The molecule has 1 amide bonds. The van der Waals surface area contributed by atoms with E-state index in [1.54, 1.807) is 0 Å². The molecule has 0 atom stereocenters. The Morgan fingerprint density at radius 3 is 2.85 bits per heavy atom. The van der Waals surface area contributed by atoms with Crippen molar-refractivity contribution in [2.45, 2.75) is 6.42 Å². The van der Waals surface area contributed by atoms with E-state index in [2.05, 4.69) is 5.32 Å². The standard InChI is InChI=1S/C12H15ClN2O5/c13-9-2-3-10(11(8-9)15(18)19)12(17)14-4-1-6-20-7-5-16/h2-3,8,16H,1,4-7H2,(H,14,17). The Morgan fingerprint density at radius 2 is 2.20 bits per heavy atom. The van der Waals surface area contributed by atoms with Gasteiger partial charge in [-0.1, -0.05) is 11.6 Å². The number of hydrogen-bond donors (Lipinski definition) is 2. The summed E-state index contributed by atoms with van der Waals surface area (Å²) in [7, 11) is 0. The molecule has 0 bridgehead atoms. The predicted octanol–water partition coefficient (Wildman–Crippen LogP) is 1.38. The highest BCUT2D eigenvalue weighted by atomic mass is 35.5. The van der Waals surface area contributed by atoms with Crippen LogP contribution in [0.15, 0.2) is 18.2 Å². The van der Waals surface area contributed by atoms with Crippen LogP contribution in [0.1, 0.15) is 16.8 Å². The van der Waals surface area contributed by atoms with Crippen molar-refractivity contribution in [2.24, 2.45) is 0 Å². The number of amides is 1. The summed E-state index contributed by atoms with van der Waals surface area (Å²) in [6.07, 6.45) is 0.549. The van der Waals surface area contributed by atoms with E-state index in [0.717, 1.165) is 6.07 Å². The fourth-order valence-electron chi connectivity index (χ4n) is 1.49. The van der Waals surface area contributed by atoms with Gasteiger partial charge in [0.1, 0.15) is 5.56 Å². The summed E-state index contributed by atoms with van der Waals surface area (Å²) in [5.74, 6) is -0.532. The molecule has 0 spiro atoms. The van der Waals surface area contributed by atoms with Gasteiger partial charge in [0.2, 0.25) is 0 Å². The second-order valence-corrected chi connectivity index (χ2v) is 4.30. The molecule has 1 aromatic rings. The van der Waals surface area contributed by atoms with Crippen molar-refractivity contribution in [1.29, 1.82) is 0 Å². The Morgan fingerprint density at radius 1 is 1.45 bits per heavy atom. The van der Waals surface area contributed by atoms with Gasteiger partial charge in [0.05, 0.1) is 18.1 Å². The van der Waals surface area contributed by atoms with Gasteiger partial charge in [0.15, 0.2) is 0 Å². The largest absolute Gasteiger partial charge is 0.394 e. The monoisotopic (exact) mass is 302 g/mol. The van der Waals surface area contributed by atoms with E-state index in [9.17, 15) is 14.9 Å². The summed E-state index contributed by atoms with van der Waals surface area (Å²) >= 11 is 5.67. The van der Waals surface area contributed by atoms with Gasteiger partial charge in [-0.3, -0.25) is 14.9 Å². The number of ether oxygens (including phenoxy) is 1. The van der Waals surface area contributed by atoms with Crippen molar-refractivity contribution in [3.05, 3.63) is 38.9 Å². The van der Waals surface area contributed by atoms with Crippen molar-refractivity contribution in [2.75, 3.05) is 26.4 Å². The molecule has 0 saturated carbocycles. The molecule has 0 aliphatic rings. The zero-order chi connectivity index (χ0) is 15.0. The fourth-order valence-corrected chi connectivity index (χ4v) is 1.65. The highest BCUT2D eigenvalue weighted by Gasteiger charge is 2.19. The number of nitrogens with one attached hydrogen (secondary N) is 1. The molecule has 0 fully saturated rings. The molecule has 0 aromatic heterocycles. The van der Waals surface area contributed by atoms with Gasteiger partial charge in [0.25, 0.3) is 11.6 Å². The van der Waals surface area contributed by atoms with E-state index in [1.807, 2.05) is 0 Å². The number of benzene rings is 1. The third-order valence-electron chi connectivity index (χ3n) is 2.39. The number of nitrogens with zero attached hydrogens (tertiary/aromatic N) is 1. The second kappa shape index (κ2) is 8.47. The van der Waals surface area contributed by atoms with Crippen LogP contribution in [-0.2, 0) is 4.74 Å². The zero-order valence-corrected chi connectivity index (χ0v) is 11.4. The number of nitro groups is 1. The summed E-state index contributed by atoms with van der Waals surface area (Å²) in [5.41, 5.74) is -0.359. The quantitative estimate of drug-likeness (QED) is 0.429. The number of nitro benzene ring substituents is 1. The molecule has 110 valence electrons. The lowest BCUT2D eigenvalue weighted by atomic mass is 10.1. The van der Waals surface area contributed by atoms with Crippen molar-refractivity contribution in [1.82, 2.24) is 5.32 Å². The van der Waals surface area contributed by atoms with E-state index in [-0.39, 0.29) is 29.5 Å². The smallest absolute Gasteiger partial charge is 0.283 e. The maximum Gasteiger partial charge on any atom is 0.283 e. The third kappa shape index (κ3) is 5.12. The van der Waals surface area contributed by atoms with Crippen LogP contribution < -0.4 is 5.32 Å². The Bertz CT molecular complexity index is 481. The number of aliphatic hydroxyl groups excluding tert-OH is 1. The summed E-state index contributed by atoms with van der Waals surface area (Å²) in [6, 6.07) is 3.88. The number of rotatable bonds is 8. The number of halogens is 1. The van der Waals surface area contributed by atoms with Crippen LogP contribution in [-0.4, -0.2) is 42.3 Å². The first-order valence-electron chi connectivity index (χ1n) is 5.97. The average Bonchev–Trinajstić information content (AvgIpc) is 2.42. The minimum atomic E-state index is -0.648. The minimum absolute atomic E-state index is 0.0318. The molecular formula is C12H15ClN2O5. The first-order chi connectivity index (χ1) is 9.56. The van der Waals surface area contributed by atoms with Crippen LogP contribution in [0.2, 0.25) is 5.02 Å². The summed E-state index contributed by atoms with van der Waals surface area (Å²) in [5, 5.41) is 22.1. The molecule has 0 radical (unpaired) electrons. The SMILES string of the molecule is O=C(NCCCOCCO)c1ccc(Cl)cc1[N+](=O)[O-]. The minimum Gasteiger partial charge on any atom is -0.394 e. The Hall–Kier alpha value is -1.70. The number of hydrogen-bond acceptors (Lipinski definition) is 5.